The molecule has 0 amide bonds. The summed E-state index contributed by atoms with van der Waals surface area (Å²) in [5.74, 6) is -0.343. The van der Waals surface area contributed by atoms with E-state index in [4.69, 9.17) is 9.84 Å². The molecular weight excluding hydrogens is 448 g/mol. The molecule has 7 nitrogen and oxygen atoms in total. The average molecular weight is 489 g/mol. The molecule has 0 atom stereocenters. The predicted molar refractivity (Wildman–Crippen MR) is 140 cm³/mol. The number of carboxylic acids is 1. The van der Waals surface area contributed by atoms with E-state index in [9.17, 15) is 4.79 Å². The number of carbonyl (C=O) groups is 1. The van der Waals surface area contributed by atoms with Gasteiger partial charge < -0.3 is 9.84 Å². The smallest absolute Gasteiger partial charge is 0.313 e. The number of unbranched alkanes of at least 4 members (excludes halogenated alkanes) is 9. The number of rotatable bonds is 19. The van der Waals surface area contributed by atoms with Gasteiger partial charge in [-0.1, -0.05) is 81.5 Å². The number of nitrogens with zero attached hydrogens (tertiary/aromatic N) is 4. The highest BCUT2D eigenvalue weighted by Crippen LogP contribution is 2.29. The summed E-state index contributed by atoms with van der Waals surface area (Å²) in [7, 11) is 1.81. The first-order chi connectivity index (χ1) is 16.6. The van der Waals surface area contributed by atoms with E-state index in [0.717, 1.165) is 31.0 Å². The van der Waals surface area contributed by atoms with Gasteiger partial charge in [0.05, 0.1) is 12.4 Å². The van der Waals surface area contributed by atoms with Gasteiger partial charge in [-0.2, -0.15) is 5.10 Å². The van der Waals surface area contributed by atoms with Crippen LogP contribution in [0.1, 0.15) is 84.0 Å². The van der Waals surface area contributed by atoms with Crippen LogP contribution >= 0.6 is 11.8 Å². The summed E-state index contributed by atoms with van der Waals surface area (Å²) in [5, 5.41) is 13.9. The molecular formula is C26H40N4O3S. The number of aromatic nitrogens is 4. The standard InChI is InChI=1S/C26H40N4O3S/c1-3-4-5-6-7-8-9-10-11-12-13-14-15-16-17-18-19-33-26-24-23(29-30(26)2)25(28-21-27-24)34-20-22(31)32/h7-8,10-11,21H,3-6,9,12-20H2,1-2H3,(H,31,32). The van der Waals surface area contributed by atoms with Crippen molar-refractivity contribution in [2.75, 3.05) is 12.4 Å². The van der Waals surface area contributed by atoms with Gasteiger partial charge in [-0.05, 0) is 38.5 Å². The van der Waals surface area contributed by atoms with Crippen molar-refractivity contribution in [3.05, 3.63) is 30.6 Å². The zero-order valence-corrected chi connectivity index (χ0v) is 21.6. The van der Waals surface area contributed by atoms with Crippen LogP contribution in [0.25, 0.3) is 11.0 Å². The van der Waals surface area contributed by atoms with Gasteiger partial charge in [0, 0.05) is 7.05 Å². The minimum Gasteiger partial charge on any atom is -0.481 e. The van der Waals surface area contributed by atoms with Crippen molar-refractivity contribution in [3.63, 3.8) is 0 Å². The summed E-state index contributed by atoms with van der Waals surface area (Å²) >= 11 is 1.14. The van der Waals surface area contributed by atoms with E-state index in [1.165, 1.54) is 64.1 Å². The summed E-state index contributed by atoms with van der Waals surface area (Å²) in [6.07, 6.45) is 25.2. The van der Waals surface area contributed by atoms with Gasteiger partial charge in [0.25, 0.3) is 0 Å². The molecule has 0 aromatic carbocycles. The Balaban J connectivity index is 1.55. The quantitative estimate of drug-likeness (QED) is 0.101. The summed E-state index contributed by atoms with van der Waals surface area (Å²) in [6.45, 7) is 2.86. The molecule has 188 valence electrons. The van der Waals surface area contributed by atoms with Gasteiger partial charge >= 0.3 is 5.97 Å². The number of hydrogen-bond acceptors (Lipinski definition) is 6. The van der Waals surface area contributed by atoms with Gasteiger partial charge in [0.1, 0.15) is 16.9 Å². The third-order valence-corrected chi connectivity index (χ3v) is 6.41. The Kier molecular flexibility index (Phi) is 14.1. The van der Waals surface area contributed by atoms with Gasteiger partial charge in [0.15, 0.2) is 5.52 Å². The van der Waals surface area contributed by atoms with Crippen molar-refractivity contribution in [3.8, 4) is 5.88 Å². The van der Waals surface area contributed by atoms with E-state index in [1.807, 2.05) is 0 Å². The molecule has 2 aromatic rings. The van der Waals surface area contributed by atoms with Crippen LogP contribution in [0.15, 0.2) is 35.7 Å². The first-order valence-corrected chi connectivity index (χ1v) is 13.6. The molecule has 0 fully saturated rings. The second kappa shape index (κ2) is 17.1. The lowest BCUT2D eigenvalue weighted by Crippen LogP contribution is -2.02. The minimum absolute atomic E-state index is 0.0638. The second-order valence-corrected chi connectivity index (χ2v) is 9.38. The largest absolute Gasteiger partial charge is 0.481 e. The summed E-state index contributed by atoms with van der Waals surface area (Å²) in [5.41, 5.74) is 1.22. The van der Waals surface area contributed by atoms with Gasteiger partial charge in [-0.15, -0.1) is 0 Å². The molecule has 2 heterocycles. The van der Waals surface area contributed by atoms with Gasteiger partial charge in [-0.25, -0.2) is 14.6 Å². The Morgan fingerprint density at radius 2 is 1.65 bits per heavy atom. The number of fused-ring (bicyclic) bond motifs is 1. The molecule has 2 aromatic heterocycles. The number of carboxylic acid groups (broad SMARTS) is 1. The monoisotopic (exact) mass is 488 g/mol. The molecule has 1 N–H and O–H groups in total. The Morgan fingerprint density at radius 3 is 2.35 bits per heavy atom. The highest BCUT2D eigenvalue weighted by Gasteiger charge is 2.16. The van der Waals surface area contributed by atoms with Crippen molar-refractivity contribution in [1.29, 1.82) is 0 Å². The zero-order chi connectivity index (χ0) is 24.4. The number of aliphatic carboxylic acids is 1. The maximum Gasteiger partial charge on any atom is 0.313 e. The normalized spacial score (nSPS) is 11.8. The summed E-state index contributed by atoms with van der Waals surface area (Å²) < 4.78 is 7.61. The van der Waals surface area contributed by atoms with E-state index in [0.29, 0.717) is 28.5 Å². The van der Waals surface area contributed by atoms with E-state index < -0.39 is 5.97 Å². The van der Waals surface area contributed by atoms with Crippen LogP contribution in [0.3, 0.4) is 0 Å². The fourth-order valence-electron chi connectivity index (χ4n) is 3.61. The van der Waals surface area contributed by atoms with Crippen molar-refractivity contribution >= 4 is 28.8 Å². The first kappa shape index (κ1) is 27.9. The highest BCUT2D eigenvalue weighted by molar-refractivity contribution is 8.00. The van der Waals surface area contributed by atoms with Crippen LogP contribution in [-0.4, -0.2) is 43.2 Å². The molecule has 0 aliphatic heterocycles. The highest BCUT2D eigenvalue weighted by atomic mass is 32.2. The first-order valence-electron chi connectivity index (χ1n) is 12.6. The topological polar surface area (TPSA) is 90.1 Å². The van der Waals surface area contributed by atoms with Crippen molar-refractivity contribution < 1.29 is 14.6 Å². The lowest BCUT2D eigenvalue weighted by Gasteiger charge is -2.06. The van der Waals surface area contributed by atoms with Crippen LogP contribution in [0.2, 0.25) is 0 Å². The second-order valence-electron chi connectivity index (χ2n) is 8.42. The van der Waals surface area contributed by atoms with Gasteiger partial charge in [-0.3, -0.25) is 4.79 Å². The molecule has 0 radical (unpaired) electrons. The van der Waals surface area contributed by atoms with Crippen molar-refractivity contribution in [2.45, 2.75) is 89.0 Å². The van der Waals surface area contributed by atoms with Crippen molar-refractivity contribution in [1.82, 2.24) is 19.7 Å². The third kappa shape index (κ3) is 10.7. The van der Waals surface area contributed by atoms with Crippen molar-refractivity contribution in [2.24, 2.45) is 7.05 Å². The van der Waals surface area contributed by atoms with E-state index in [1.54, 1.807) is 11.7 Å². The zero-order valence-electron chi connectivity index (χ0n) is 20.7. The lowest BCUT2D eigenvalue weighted by atomic mass is 10.1. The Hall–Kier alpha value is -2.35. The Labute approximate surface area is 208 Å². The number of thioether (sulfide) groups is 1. The maximum atomic E-state index is 10.8. The maximum absolute atomic E-state index is 10.8. The number of ether oxygens (including phenoxy) is 1. The molecule has 0 saturated carbocycles. The molecule has 0 spiro atoms. The third-order valence-electron chi connectivity index (χ3n) is 5.45. The van der Waals surface area contributed by atoms with Crippen LogP contribution < -0.4 is 4.74 Å². The molecule has 0 bridgehead atoms. The SMILES string of the molecule is CCCCCC=CCC=CCCCCCCCCOc1c2ncnc(SCC(=O)O)c2nn1C. The van der Waals surface area contributed by atoms with E-state index in [2.05, 4.69) is 46.3 Å². The molecule has 0 saturated heterocycles. The van der Waals surface area contributed by atoms with Crippen LogP contribution in [0.4, 0.5) is 0 Å². The molecule has 34 heavy (non-hydrogen) atoms. The molecule has 0 unspecified atom stereocenters. The minimum atomic E-state index is -0.887. The Bertz CT molecular complexity index is 911. The van der Waals surface area contributed by atoms with Crippen LogP contribution in [-0.2, 0) is 11.8 Å². The van der Waals surface area contributed by atoms with E-state index >= 15 is 0 Å². The fraction of sp³-hybridized carbons (Fsp3) is 0.615. The fourth-order valence-corrected chi connectivity index (χ4v) is 4.27. The predicted octanol–water partition coefficient (Wildman–Crippen LogP) is 6.73. The average Bonchev–Trinajstić information content (AvgIpc) is 3.15. The number of allylic oxidation sites excluding steroid dienone is 4. The van der Waals surface area contributed by atoms with E-state index in [-0.39, 0.29) is 5.75 Å². The Morgan fingerprint density at radius 1 is 0.971 bits per heavy atom. The molecule has 8 heteroatoms. The lowest BCUT2D eigenvalue weighted by molar-refractivity contribution is -0.133. The summed E-state index contributed by atoms with van der Waals surface area (Å²) in [4.78, 5) is 19.3. The van der Waals surface area contributed by atoms with Gasteiger partial charge in [0.2, 0.25) is 5.88 Å². The number of aryl methyl sites for hydroxylation is 1. The number of hydrogen-bond donors (Lipinski definition) is 1. The summed E-state index contributed by atoms with van der Waals surface area (Å²) in [6, 6.07) is 0. The van der Waals surface area contributed by atoms with Crippen LogP contribution in [0, 0.1) is 0 Å². The molecule has 0 aliphatic carbocycles. The molecule has 0 aliphatic rings. The molecule has 2 rings (SSSR count). The van der Waals surface area contributed by atoms with Crippen LogP contribution in [0.5, 0.6) is 5.88 Å².